The van der Waals surface area contributed by atoms with Gasteiger partial charge in [-0.1, -0.05) is 19.1 Å². The fourth-order valence-corrected chi connectivity index (χ4v) is 1.84. The highest BCUT2D eigenvalue weighted by Gasteiger charge is 2.13. The summed E-state index contributed by atoms with van der Waals surface area (Å²) in [4.78, 5) is 12.0. The Kier molecular flexibility index (Phi) is 4.78. The third-order valence-corrected chi connectivity index (χ3v) is 3.02. The maximum Gasteiger partial charge on any atom is 0.227 e. The van der Waals surface area contributed by atoms with Crippen LogP contribution in [0.25, 0.3) is 11.4 Å². The van der Waals surface area contributed by atoms with Crippen molar-refractivity contribution in [1.29, 1.82) is 0 Å². The van der Waals surface area contributed by atoms with E-state index in [0.29, 0.717) is 12.4 Å². The van der Waals surface area contributed by atoms with Crippen LogP contribution in [0.2, 0.25) is 0 Å². The third kappa shape index (κ3) is 3.61. The van der Waals surface area contributed by atoms with Crippen LogP contribution in [-0.4, -0.2) is 33.1 Å². The van der Waals surface area contributed by atoms with Crippen LogP contribution in [0.3, 0.4) is 0 Å². The summed E-state index contributed by atoms with van der Waals surface area (Å²) >= 11 is 0. The van der Waals surface area contributed by atoms with Crippen LogP contribution in [0.1, 0.15) is 19.8 Å². The second-order valence-electron chi connectivity index (χ2n) is 4.64. The number of nitrogens with zero attached hydrogens (tertiary/aromatic N) is 3. The Balaban J connectivity index is 2.03. The molecule has 20 heavy (non-hydrogen) atoms. The van der Waals surface area contributed by atoms with Gasteiger partial charge >= 0.3 is 0 Å². The van der Waals surface area contributed by atoms with E-state index in [0.717, 1.165) is 24.1 Å². The van der Waals surface area contributed by atoms with Gasteiger partial charge in [-0.25, -0.2) is 0 Å². The number of amides is 1. The molecular weight excluding hydrogens is 256 g/mol. The second-order valence-corrected chi connectivity index (χ2v) is 4.64. The smallest absolute Gasteiger partial charge is 0.227 e. The number of tetrazole rings is 1. The minimum atomic E-state index is -0.0626. The van der Waals surface area contributed by atoms with Crippen molar-refractivity contribution in [2.45, 2.75) is 19.8 Å². The van der Waals surface area contributed by atoms with E-state index in [1.54, 1.807) is 0 Å². The Labute approximate surface area is 117 Å². The average Bonchev–Trinajstić information content (AvgIpc) is 2.99. The Morgan fingerprint density at radius 1 is 1.50 bits per heavy atom. The first-order valence-corrected chi connectivity index (χ1v) is 6.55. The van der Waals surface area contributed by atoms with E-state index in [1.165, 1.54) is 0 Å². The monoisotopic (exact) mass is 274 g/mol. The lowest BCUT2D eigenvalue weighted by molar-refractivity contribution is -0.119. The van der Waals surface area contributed by atoms with Gasteiger partial charge in [-0.3, -0.25) is 4.79 Å². The molecule has 0 spiro atoms. The maximum atomic E-state index is 12.0. The molecule has 2 aromatic rings. The van der Waals surface area contributed by atoms with Crippen LogP contribution in [0, 0.1) is 5.92 Å². The summed E-state index contributed by atoms with van der Waals surface area (Å²) in [6.07, 6.45) is 1.63. The molecule has 0 aliphatic rings. The SMILES string of the molecule is CC(CCCN)C(=O)Nc1cccc(-c2nn[nH]n2)c1. The Hall–Kier alpha value is -2.28. The minimum absolute atomic E-state index is 0.0105. The summed E-state index contributed by atoms with van der Waals surface area (Å²) in [6.45, 7) is 2.50. The van der Waals surface area contributed by atoms with Crippen LogP contribution in [0.5, 0.6) is 0 Å². The van der Waals surface area contributed by atoms with Crippen LogP contribution in [0.15, 0.2) is 24.3 Å². The largest absolute Gasteiger partial charge is 0.330 e. The van der Waals surface area contributed by atoms with Crippen molar-refractivity contribution >= 4 is 11.6 Å². The summed E-state index contributed by atoms with van der Waals surface area (Å²) in [5.74, 6) is 0.424. The number of H-pyrrole nitrogens is 1. The van der Waals surface area contributed by atoms with E-state index in [2.05, 4.69) is 25.9 Å². The van der Waals surface area contributed by atoms with Gasteiger partial charge in [0.1, 0.15) is 0 Å². The molecule has 7 heteroatoms. The van der Waals surface area contributed by atoms with E-state index in [1.807, 2.05) is 31.2 Å². The number of carbonyl (C=O) groups is 1. The van der Waals surface area contributed by atoms with Gasteiger partial charge in [0.25, 0.3) is 0 Å². The zero-order chi connectivity index (χ0) is 14.4. The Morgan fingerprint density at radius 3 is 3.05 bits per heavy atom. The average molecular weight is 274 g/mol. The summed E-state index contributed by atoms with van der Waals surface area (Å²) < 4.78 is 0. The number of nitrogens with one attached hydrogen (secondary N) is 2. The number of hydrogen-bond acceptors (Lipinski definition) is 5. The van der Waals surface area contributed by atoms with Crippen molar-refractivity contribution in [1.82, 2.24) is 20.6 Å². The molecule has 7 nitrogen and oxygen atoms in total. The van der Waals surface area contributed by atoms with Gasteiger partial charge < -0.3 is 11.1 Å². The van der Waals surface area contributed by atoms with Gasteiger partial charge in [0.2, 0.25) is 11.7 Å². The van der Waals surface area contributed by atoms with Crippen molar-refractivity contribution < 1.29 is 4.79 Å². The molecule has 1 aromatic heterocycles. The van der Waals surface area contributed by atoms with Crippen molar-refractivity contribution in [3.63, 3.8) is 0 Å². The first-order chi connectivity index (χ1) is 9.70. The molecule has 0 aliphatic heterocycles. The number of aromatic nitrogens is 4. The highest BCUT2D eigenvalue weighted by molar-refractivity contribution is 5.92. The van der Waals surface area contributed by atoms with Crippen molar-refractivity contribution in [2.24, 2.45) is 11.7 Å². The molecule has 0 bridgehead atoms. The molecule has 2 rings (SSSR count). The minimum Gasteiger partial charge on any atom is -0.330 e. The second kappa shape index (κ2) is 6.76. The topological polar surface area (TPSA) is 110 Å². The molecule has 106 valence electrons. The zero-order valence-corrected chi connectivity index (χ0v) is 11.3. The lowest BCUT2D eigenvalue weighted by atomic mass is 10.0. The lowest BCUT2D eigenvalue weighted by Crippen LogP contribution is -2.21. The summed E-state index contributed by atoms with van der Waals surface area (Å²) in [5.41, 5.74) is 6.97. The van der Waals surface area contributed by atoms with Crippen molar-refractivity contribution in [3.05, 3.63) is 24.3 Å². The van der Waals surface area contributed by atoms with E-state index in [9.17, 15) is 4.79 Å². The molecule has 0 aliphatic carbocycles. The fraction of sp³-hybridized carbons (Fsp3) is 0.385. The molecule has 0 fully saturated rings. The number of benzene rings is 1. The molecule has 4 N–H and O–H groups in total. The van der Waals surface area contributed by atoms with E-state index in [-0.39, 0.29) is 11.8 Å². The zero-order valence-electron chi connectivity index (χ0n) is 11.3. The summed E-state index contributed by atoms with van der Waals surface area (Å²) in [6, 6.07) is 7.35. The Morgan fingerprint density at radius 2 is 2.35 bits per heavy atom. The van der Waals surface area contributed by atoms with Gasteiger partial charge in [0.15, 0.2) is 0 Å². The number of anilines is 1. The lowest BCUT2D eigenvalue weighted by Gasteiger charge is -2.12. The van der Waals surface area contributed by atoms with Gasteiger partial charge in [-0.15, -0.1) is 10.2 Å². The normalized spacial score (nSPS) is 12.1. The highest BCUT2D eigenvalue weighted by atomic mass is 16.1. The molecule has 0 radical (unpaired) electrons. The molecule has 1 heterocycles. The molecule has 1 amide bonds. The predicted molar refractivity (Wildman–Crippen MR) is 75.7 cm³/mol. The van der Waals surface area contributed by atoms with Crippen molar-refractivity contribution in [2.75, 3.05) is 11.9 Å². The number of aromatic amines is 1. The number of nitrogens with two attached hydrogens (primary N) is 1. The first kappa shape index (κ1) is 14.1. The van der Waals surface area contributed by atoms with Crippen LogP contribution in [0.4, 0.5) is 5.69 Å². The van der Waals surface area contributed by atoms with Gasteiger partial charge in [-0.2, -0.15) is 5.21 Å². The molecular formula is C13H18N6O. The third-order valence-electron chi connectivity index (χ3n) is 3.02. The van der Waals surface area contributed by atoms with E-state index >= 15 is 0 Å². The number of hydrogen-bond donors (Lipinski definition) is 3. The first-order valence-electron chi connectivity index (χ1n) is 6.55. The number of rotatable bonds is 6. The van der Waals surface area contributed by atoms with E-state index in [4.69, 9.17) is 5.73 Å². The maximum absolute atomic E-state index is 12.0. The summed E-state index contributed by atoms with van der Waals surface area (Å²) in [5, 5.41) is 16.6. The van der Waals surface area contributed by atoms with Gasteiger partial charge in [0.05, 0.1) is 0 Å². The summed E-state index contributed by atoms with van der Waals surface area (Å²) in [7, 11) is 0. The number of carbonyl (C=O) groups excluding carboxylic acids is 1. The molecule has 1 unspecified atom stereocenters. The molecule has 0 saturated heterocycles. The quantitative estimate of drug-likeness (QED) is 0.732. The molecule has 0 saturated carbocycles. The van der Waals surface area contributed by atoms with Crippen LogP contribution in [-0.2, 0) is 4.79 Å². The molecule has 1 aromatic carbocycles. The molecule has 1 atom stereocenters. The van der Waals surface area contributed by atoms with Gasteiger partial charge in [0, 0.05) is 17.2 Å². The Bertz CT molecular complexity index is 554. The van der Waals surface area contributed by atoms with Crippen LogP contribution < -0.4 is 11.1 Å². The van der Waals surface area contributed by atoms with Gasteiger partial charge in [-0.05, 0) is 36.7 Å². The fourth-order valence-electron chi connectivity index (χ4n) is 1.84. The van der Waals surface area contributed by atoms with Crippen molar-refractivity contribution in [3.8, 4) is 11.4 Å². The van der Waals surface area contributed by atoms with E-state index < -0.39 is 0 Å². The standard InChI is InChI=1S/C13H18N6O/c1-9(4-3-7-14)13(20)15-11-6-2-5-10(8-11)12-16-18-19-17-12/h2,5-6,8-9H,3-4,7,14H2,1H3,(H,15,20)(H,16,17,18,19). The highest BCUT2D eigenvalue weighted by Crippen LogP contribution is 2.19. The van der Waals surface area contributed by atoms with Crippen LogP contribution >= 0.6 is 0 Å². The predicted octanol–water partition coefficient (Wildman–Crippen LogP) is 1.18.